The minimum Gasteiger partial charge on any atom is -0.447 e. The fourth-order valence-corrected chi connectivity index (χ4v) is 1.28. The molecule has 0 fully saturated rings. The van der Waals surface area contributed by atoms with Gasteiger partial charge in [-0.25, -0.2) is 4.79 Å². The van der Waals surface area contributed by atoms with Gasteiger partial charge in [-0.05, 0) is 33.6 Å². The van der Waals surface area contributed by atoms with E-state index in [0.29, 0.717) is 0 Å². The Morgan fingerprint density at radius 1 is 0.941 bits per heavy atom. The molecule has 0 unspecified atom stereocenters. The van der Waals surface area contributed by atoms with Gasteiger partial charge < -0.3 is 15.4 Å². The molecule has 0 spiro atoms. The number of amides is 2. The maximum Gasteiger partial charge on any atom is 0.408 e. The third-order valence-corrected chi connectivity index (χ3v) is 2.00. The number of nitrogens with one attached hydrogen (secondary N) is 2. The molecule has 0 heterocycles. The van der Waals surface area contributed by atoms with E-state index >= 15 is 0 Å². The average Bonchev–Trinajstić information content (AvgIpc) is 2.10. The van der Waals surface area contributed by atoms with Crippen molar-refractivity contribution < 1.29 is 14.3 Å². The molecule has 1 atom stereocenters. The standard InChI is InChI=1S/C12H24N2O3/c1-7(2)10(11(15)13-8(3)4)14-12(16)17-9(5)6/h7-10H,1-6H3,(H,13,15)(H,14,16)/t10-/m0/s1. The van der Waals surface area contributed by atoms with Crippen LogP contribution in [-0.2, 0) is 9.53 Å². The molecule has 0 bridgehead atoms. The number of ether oxygens (including phenoxy) is 1. The van der Waals surface area contributed by atoms with Crippen LogP contribution in [-0.4, -0.2) is 30.2 Å². The van der Waals surface area contributed by atoms with Gasteiger partial charge in [-0.1, -0.05) is 13.8 Å². The first-order chi connectivity index (χ1) is 7.73. The molecule has 5 nitrogen and oxygen atoms in total. The highest BCUT2D eigenvalue weighted by atomic mass is 16.6. The minimum atomic E-state index is -0.566. The molecule has 0 saturated carbocycles. The maximum absolute atomic E-state index is 11.8. The predicted octanol–water partition coefficient (Wildman–Crippen LogP) is 1.67. The highest BCUT2D eigenvalue weighted by molar-refractivity contribution is 5.86. The van der Waals surface area contributed by atoms with Crippen LogP contribution in [0.3, 0.4) is 0 Å². The van der Waals surface area contributed by atoms with Crippen molar-refractivity contribution >= 4 is 12.0 Å². The first-order valence-corrected chi connectivity index (χ1v) is 6.01. The van der Waals surface area contributed by atoms with Gasteiger partial charge in [0, 0.05) is 6.04 Å². The predicted molar refractivity (Wildman–Crippen MR) is 66.7 cm³/mol. The van der Waals surface area contributed by atoms with Gasteiger partial charge in [0.2, 0.25) is 5.91 Å². The fourth-order valence-electron chi connectivity index (χ4n) is 1.28. The summed E-state index contributed by atoms with van der Waals surface area (Å²) in [5, 5.41) is 5.35. The molecule has 5 heteroatoms. The lowest BCUT2D eigenvalue weighted by Crippen LogP contribution is -2.51. The Labute approximate surface area is 103 Å². The van der Waals surface area contributed by atoms with Crippen LogP contribution in [0.25, 0.3) is 0 Å². The van der Waals surface area contributed by atoms with Crippen LogP contribution in [0.4, 0.5) is 4.79 Å². The third kappa shape index (κ3) is 6.81. The van der Waals surface area contributed by atoms with Gasteiger partial charge >= 0.3 is 6.09 Å². The van der Waals surface area contributed by atoms with Gasteiger partial charge in [0.25, 0.3) is 0 Å². The Balaban J connectivity index is 4.43. The van der Waals surface area contributed by atoms with E-state index in [1.807, 2.05) is 27.7 Å². The second-order valence-electron chi connectivity index (χ2n) is 4.98. The van der Waals surface area contributed by atoms with Crippen LogP contribution in [0.2, 0.25) is 0 Å². The molecule has 2 N–H and O–H groups in total. The quantitative estimate of drug-likeness (QED) is 0.773. The summed E-state index contributed by atoms with van der Waals surface area (Å²) in [6, 6.07) is -0.518. The molecule has 0 aromatic heterocycles. The molecular formula is C12H24N2O3. The second-order valence-corrected chi connectivity index (χ2v) is 4.98. The summed E-state index contributed by atoms with van der Waals surface area (Å²) in [6.07, 6.45) is -0.756. The van der Waals surface area contributed by atoms with E-state index < -0.39 is 12.1 Å². The second kappa shape index (κ2) is 7.14. The van der Waals surface area contributed by atoms with Crippen LogP contribution in [0, 0.1) is 5.92 Å². The highest BCUT2D eigenvalue weighted by Gasteiger charge is 2.25. The number of carbonyl (C=O) groups excluding carboxylic acids is 2. The maximum atomic E-state index is 11.8. The molecular weight excluding hydrogens is 220 g/mol. The van der Waals surface area contributed by atoms with Crippen molar-refractivity contribution in [1.29, 1.82) is 0 Å². The van der Waals surface area contributed by atoms with Crippen molar-refractivity contribution in [2.75, 3.05) is 0 Å². The van der Waals surface area contributed by atoms with E-state index in [1.54, 1.807) is 13.8 Å². The lowest BCUT2D eigenvalue weighted by Gasteiger charge is -2.23. The smallest absolute Gasteiger partial charge is 0.408 e. The summed E-state index contributed by atoms with van der Waals surface area (Å²) < 4.78 is 4.96. The SMILES string of the molecule is CC(C)NC(=O)[C@@H](NC(=O)OC(C)C)C(C)C. The molecule has 100 valence electrons. The molecule has 0 radical (unpaired) electrons. The summed E-state index contributed by atoms with van der Waals surface area (Å²) in [5.41, 5.74) is 0. The monoisotopic (exact) mass is 244 g/mol. The van der Waals surface area contributed by atoms with Crippen molar-refractivity contribution in [2.24, 2.45) is 5.92 Å². The van der Waals surface area contributed by atoms with Crippen molar-refractivity contribution in [3.05, 3.63) is 0 Å². The minimum absolute atomic E-state index is 0.00784. The van der Waals surface area contributed by atoms with Crippen molar-refractivity contribution in [3.8, 4) is 0 Å². The third-order valence-electron chi connectivity index (χ3n) is 2.00. The van der Waals surface area contributed by atoms with Crippen molar-refractivity contribution in [2.45, 2.75) is 59.7 Å². The molecule has 0 aromatic rings. The average molecular weight is 244 g/mol. The number of hydrogen-bond acceptors (Lipinski definition) is 3. The van der Waals surface area contributed by atoms with E-state index in [0.717, 1.165) is 0 Å². The molecule has 0 aliphatic carbocycles. The van der Waals surface area contributed by atoms with E-state index in [1.165, 1.54) is 0 Å². The highest BCUT2D eigenvalue weighted by Crippen LogP contribution is 2.03. The lowest BCUT2D eigenvalue weighted by atomic mass is 10.0. The zero-order valence-electron chi connectivity index (χ0n) is 11.5. The number of carbonyl (C=O) groups is 2. The topological polar surface area (TPSA) is 67.4 Å². The first kappa shape index (κ1) is 15.7. The van der Waals surface area contributed by atoms with Crippen LogP contribution in [0.5, 0.6) is 0 Å². The number of hydrogen-bond donors (Lipinski definition) is 2. The van der Waals surface area contributed by atoms with E-state index in [-0.39, 0.29) is 24.0 Å². The zero-order chi connectivity index (χ0) is 13.6. The summed E-state index contributed by atoms with van der Waals surface area (Å²) in [4.78, 5) is 23.3. The Hall–Kier alpha value is -1.26. The van der Waals surface area contributed by atoms with Crippen molar-refractivity contribution in [3.63, 3.8) is 0 Å². The molecule has 17 heavy (non-hydrogen) atoms. The van der Waals surface area contributed by atoms with E-state index in [4.69, 9.17) is 4.74 Å². The first-order valence-electron chi connectivity index (χ1n) is 6.01. The summed E-state index contributed by atoms with van der Waals surface area (Å²) >= 11 is 0. The van der Waals surface area contributed by atoms with E-state index in [2.05, 4.69) is 10.6 Å². The summed E-state index contributed by atoms with van der Waals surface area (Å²) in [5.74, 6) is -0.177. The Morgan fingerprint density at radius 2 is 1.47 bits per heavy atom. The molecule has 0 aromatic carbocycles. The largest absolute Gasteiger partial charge is 0.447 e. The van der Waals surface area contributed by atoms with Gasteiger partial charge in [0.15, 0.2) is 0 Å². The summed E-state index contributed by atoms with van der Waals surface area (Å²) in [6.45, 7) is 11.0. The van der Waals surface area contributed by atoms with Crippen LogP contribution >= 0.6 is 0 Å². The Kier molecular flexibility index (Phi) is 6.61. The molecule has 0 saturated heterocycles. The van der Waals surface area contributed by atoms with Gasteiger partial charge in [-0.2, -0.15) is 0 Å². The number of alkyl carbamates (subject to hydrolysis) is 1. The summed E-state index contributed by atoms with van der Waals surface area (Å²) in [7, 11) is 0. The molecule has 0 aliphatic rings. The molecule has 0 aliphatic heterocycles. The lowest BCUT2D eigenvalue weighted by molar-refractivity contribution is -0.124. The van der Waals surface area contributed by atoms with Gasteiger partial charge in [-0.3, -0.25) is 4.79 Å². The zero-order valence-corrected chi connectivity index (χ0v) is 11.5. The Morgan fingerprint density at radius 3 is 1.82 bits per heavy atom. The number of rotatable bonds is 5. The van der Waals surface area contributed by atoms with Crippen molar-refractivity contribution in [1.82, 2.24) is 10.6 Å². The van der Waals surface area contributed by atoms with Gasteiger partial charge in [0.05, 0.1) is 6.10 Å². The Bertz CT molecular complexity index is 262. The van der Waals surface area contributed by atoms with E-state index in [9.17, 15) is 9.59 Å². The molecule has 0 rings (SSSR count). The van der Waals surface area contributed by atoms with Crippen LogP contribution in [0.15, 0.2) is 0 Å². The van der Waals surface area contributed by atoms with Gasteiger partial charge in [-0.15, -0.1) is 0 Å². The van der Waals surface area contributed by atoms with Crippen LogP contribution < -0.4 is 10.6 Å². The normalized spacial score (nSPS) is 12.8. The van der Waals surface area contributed by atoms with Gasteiger partial charge in [0.1, 0.15) is 6.04 Å². The molecule has 2 amide bonds. The van der Waals surface area contributed by atoms with Crippen LogP contribution in [0.1, 0.15) is 41.5 Å². The fraction of sp³-hybridized carbons (Fsp3) is 0.833.